The van der Waals surface area contributed by atoms with Crippen LogP contribution in [0.25, 0.3) is 10.9 Å². The number of fused-ring (bicyclic) bond motifs is 1. The Bertz CT molecular complexity index is 834. The van der Waals surface area contributed by atoms with E-state index in [1.54, 1.807) is 0 Å². The van der Waals surface area contributed by atoms with E-state index in [1.807, 2.05) is 29.7 Å². The number of aromatic nitrogens is 2. The second-order valence-corrected chi connectivity index (χ2v) is 8.23. The molecule has 1 aromatic heterocycles. The number of benzene rings is 1. The van der Waals surface area contributed by atoms with Gasteiger partial charge in [-0.15, -0.1) is 0 Å². The highest BCUT2D eigenvalue weighted by Crippen LogP contribution is 2.28. The summed E-state index contributed by atoms with van der Waals surface area (Å²) in [5, 5.41) is 0.687. The van der Waals surface area contributed by atoms with Gasteiger partial charge in [-0.3, -0.25) is 14.3 Å². The first-order valence-corrected chi connectivity index (χ1v) is 10.4. The highest BCUT2D eigenvalue weighted by Gasteiger charge is 2.30. The molecule has 2 atom stereocenters. The molecule has 26 heavy (non-hydrogen) atoms. The van der Waals surface area contributed by atoms with E-state index < -0.39 is 0 Å². The van der Waals surface area contributed by atoms with Gasteiger partial charge >= 0.3 is 0 Å². The second-order valence-electron chi connectivity index (χ2n) is 7.31. The number of hydrogen-bond acceptors (Lipinski definition) is 4. The Morgan fingerprint density at radius 3 is 2.73 bits per heavy atom. The van der Waals surface area contributed by atoms with Crippen LogP contribution >= 0.6 is 15.9 Å². The standard InChI is InChI=1S/C20H29BrN4O/c1-5-7-18(24-11-10-23(4)14(3)13-24)19-22-17-9-8-15(21)12-16(17)20(26)25(19)6-2/h8-9,12,14,18H,5-7,10-11,13H2,1-4H3/t14-,18?/m0/s1. The maximum absolute atomic E-state index is 13.1. The fourth-order valence-corrected chi connectivity index (χ4v) is 4.24. The summed E-state index contributed by atoms with van der Waals surface area (Å²) in [4.78, 5) is 23.0. The van der Waals surface area contributed by atoms with Gasteiger partial charge in [-0.25, -0.2) is 4.98 Å². The van der Waals surface area contributed by atoms with E-state index in [0.29, 0.717) is 18.0 Å². The highest BCUT2D eigenvalue weighted by molar-refractivity contribution is 9.10. The molecule has 142 valence electrons. The van der Waals surface area contributed by atoms with Crippen LogP contribution in [-0.2, 0) is 6.54 Å². The van der Waals surface area contributed by atoms with Gasteiger partial charge in [0, 0.05) is 36.7 Å². The summed E-state index contributed by atoms with van der Waals surface area (Å²) in [7, 11) is 2.19. The Hall–Kier alpha value is -1.24. The molecule has 2 heterocycles. The van der Waals surface area contributed by atoms with Gasteiger partial charge in [0.2, 0.25) is 0 Å². The van der Waals surface area contributed by atoms with Crippen LogP contribution in [0.1, 0.15) is 45.5 Å². The van der Waals surface area contributed by atoms with Gasteiger partial charge in [0.15, 0.2) is 0 Å². The van der Waals surface area contributed by atoms with Crippen molar-refractivity contribution < 1.29 is 0 Å². The Labute approximate surface area is 164 Å². The number of halogens is 1. The summed E-state index contributed by atoms with van der Waals surface area (Å²) >= 11 is 3.47. The van der Waals surface area contributed by atoms with Crippen molar-refractivity contribution in [3.05, 3.63) is 38.9 Å². The molecule has 3 rings (SSSR count). The van der Waals surface area contributed by atoms with Crippen molar-refractivity contribution in [2.45, 2.75) is 52.2 Å². The Kier molecular flexibility index (Phi) is 6.15. The van der Waals surface area contributed by atoms with E-state index in [2.05, 4.69) is 46.6 Å². The van der Waals surface area contributed by atoms with Crippen LogP contribution < -0.4 is 5.56 Å². The Balaban J connectivity index is 2.10. The predicted molar refractivity (Wildman–Crippen MR) is 111 cm³/mol. The van der Waals surface area contributed by atoms with Crippen LogP contribution in [0, 0.1) is 0 Å². The van der Waals surface area contributed by atoms with Crippen molar-refractivity contribution >= 4 is 26.8 Å². The van der Waals surface area contributed by atoms with Gasteiger partial charge in [-0.2, -0.15) is 0 Å². The third-order valence-electron chi connectivity index (χ3n) is 5.55. The second kappa shape index (κ2) is 8.19. The predicted octanol–water partition coefficient (Wildman–Crippen LogP) is 3.66. The van der Waals surface area contributed by atoms with Crippen LogP contribution in [0.5, 0.6) is 0 Å². The van der Waals surface area contributed by atoms with Gasteiger partial charge in [-0.05, 0) is 45.5 Å². The average Bonchev–Trinajstić information content (AvgIpc) is 2.62. The molecular formula is C20H29BrN4O. The summed E-state index contributed by atoms with van der Waals surface area (Å²) in [6.45, 7) is 10.2. The minimum Gasteiger partial charge on any atom is -0.301 e. The third kappa shape index (κ3) is 3.73. The topological polar surface area (TPSA) is 41.4 Å². The number of nitrogens with zero attached hydrogens (tertiary/aromatic N) is 4. The minimum absolute atomic E-state index is 0.0667. The highest BCUT2D eigenvalue weighted by atomic mass is 79.9. The van der Waals surface area contributed by atoms with Gasteiger partial charge in [-0.1, -0.05) is 29.3 Å². The molecule has 2 aromatic rings. The molecule has 1 aromatic carbocycles. The lowest BCUT2D eigenvalue weighted by molar-refractivity contribution is 0.0631. The van der Waals surface area contributed by atoms with E-state index in [0.717, 1.165) is 48.3 Å². The van der Waals surface area contributed by atoms with Crippen LogP contribution in [0.3, 0.4) is 0 Å². The number of piperazine rings is 1. The van der Waals surface area contributed by atoms with Crippen molar-refractivity contribution in [2.24, 2.45) is 0 Å². The lowest BCUT2D eigenvalue weighted by Gasteiger charge is -2.42. The van der Waals surface area contributed by atoms with E-state index >= 15 is 0 Å². The van der Waals surface area contributed by atoms with Gasteiger partial charge in [0.1, 0.15) is 5.82 Å². The van der Waals surface area contributed by atoms with Crippen LogP contribution in [0.4, 0.5) is 0 Å². The van der Waals surface area contributed by atoms with Crippen molar-refractivity contribution in [1.29, 1.82) is 0 Å². The first-order valence-electron chi connectivity index (χ1n) is 9.60. The van der Waals surface area contributed by atoms with Crippen molar-refractivity contribution in [2.75, 3.05) is 26.7 Å². The van der Waals surface area contributed by atoms with Crippen molar-refractivity contribution in [1.82, 2.24) is 19.4 Å². The minimum atomic E-state index is 0.0667. The molecule has 6 heteroatoms. The van der Waals surface area contributed by atoms with E-state index in [-0.39, 0.29) is 11.6 Å². The lowest BCUT2D eigenvalue weighted by Crippen LogP contribution is -2.51. The molecule has 0 bridgehead atoms. The normalized spacial score (nSPS) is 20.6. The molecule has 1 unspecified atom stereocenters. The molecule has 1 fully saturated rings. The zero-order valence-corrected chi connectivity index (χ0v) is 17.8. The number of likely N-dealkylation sites (N-methyl/N-ethyl adjacent to an activating group) is 1. The van der Waals surface area contributed by atoms with Crippen molar-refractivity contribution in [3.8, 4) is 0 Å². The summed E-state index contributed by atoms with van der Waals surface area (Å²) in [6, 6.07) is 6.49. The monoisotopic (exact) mass is 420 g/mol. The summed E-state index contributed by atoms with van der Waals surface area (Å²) in [5.41, 5.74) is 0.859. The van der Waals surface area contributed by atoms with Crippen molar-refractivity contribution in [3.63, 3.8) is 0 Å². The molecule has 0 amide bonds. The maximum atomic E-state index is 13.1. The number of hydrogen-bond donors (Lipinski definition) is 0. The SMILES string of the molecule is CCCC(c1nc2ccc(Br)cc2c(=O)n1CC)N1CCN(C)[C@@H](C)C1. The summed E-state index contributed by atoms with van der Waals surface area (Å²) in [6.07, 6.45) is 2.09. The average molecular weight is 421 g/mol. The van der Waals surface area contributed by atoms with Gasteiger partial charge < -0.3 is 4.90 Å². The molecule has 5 nitrogen and oxygen atoms in total. The van der Waals surface area contributed by atoms with Gasteiger partial charge in [0.25, 0.3) is 5.56 Å². The van der Waals surface area contributed by atoms with E-state index in [9.17, 15) is 4.79 Å². The van der Waals surface area contributed by atoms with E-state index in [4.69, 9.17) is 4.98 Å². The number of rotatable bonds is 5. The smallest absolute Gasteiger partial charge is 0.261 e. The maximum Gasteiger partial charge on any atom is 0.261 e. The molecule has 0 spiro atoms. The molecule has 1 aliphatic heterocycles. The summed E-state index contributed by atoms with van der Waals surface area (Å²) < 4.78 is 2.79. The first kappa shape index (κ1) is 19.5. The van der Waals surface area contributed by atoms with E-state index in [1.165, 1.54) is 0 Å². The third-order valence-corrected chi connectivity index (χ3v) is 6.05. The fourth-order valence-electron chi connectivity index (χ4n) is 3.88. The quantitative estimate of drug-likeness (QED) is 0.739. The van der Waals surface area contributed by atoms with Crippen LogP contribution in [0.15, 0.2) is 27.5 Å². The van der Waals surface area contributed by atoms with Gasteiger partial charge in [0.05, 0.1) is 16.9 Å². The molecule has 0 aliphatic carbocycles. The Morgan fingerprint density at radius 1 is 1.31 bits per heavy atom. The molecule has 0 radical (unpaired) electrons. The van der Waals surface area contributed by atoms with Crippen LogP contribution in [0.2, 0.25) is 0 Å². The fraction of sp³-hybridized carbons (Fsp3) is 0.600. The zero-order chi connectivity index (χ0) is 18.8. The van der Waals surface area contributed by atoms with Crippen LogP contribution in [-0.4, -0.2) is 52.1 Å². The molecule has 1 aliphatic rings. The Morgan fingerprint density at radius 2 is 2.08 bits per heavy atom. The lowest BCUT2D eigenvalue weighted by atomic mass is 10.1. The molecule has 0 N–H and O–H groups in total. The molecular weight excluding hydrogens is 392 g/mol. The molecule has 0 saturated carbocycles. The first-order chi connectivity index (χ1) is 12.5. The summed E-state index contributed by atoms with van der Waals surface area (Å²) in [5.74, 6) is 0.922. The molecule has 1 saturated heterocycles. The largest absolute Gasteiger partial charge is 0.301 e. The zero-order valence-electron chi connectivity index (χ0n) is 16.2.